The summed E-state index contributed by atoms with van der Waals surface area (Å²) in [5, 5.41) is 3.84. The van der Waals surface area contributed by atoms with Crippen molar-refractivity contribution in [3.63, 3.8) is 0 Å². The molecule has 24 heavy (non-hydrogen) atoms. The van der Waals surface area contributed by atoms with Crippen molar-refractivity contribution < 1.29 is 18.0 Å². The van der Waals surface area contributed by atoms with Gasteiger partial charge in [0.2, 0.25) is 0 Å². The summed E-state index contributed by atoms with van der Waals surface area (Å²) >= 11 is 0. The molecule has 0 unspecified atom stereocenters. The predicted molar refractivity (Wildman–Crippen MR) is 74.1 cm³/mol. The Morgan fingerprint density at radius 1 is 1.42 bits per heavy atom. The molecular weight excluding hydrogens is 329 g/mol. The number of amides is 1. The van der Waals surface area contributed by atoms with Gasteiger partial charge in [-0.2, -0.15) is 18.3 Å². The van der Waals surface area contributed by atoms with Gasteiger partial charge in [0, 0.05) is 12.7 Å². The number of likely N-dealkylation sites (tertiary alicyclic amines) is 1. The molecule has 128 valence electrons. The van der Waals surface area contributed by atoms with Gasteiger partial charge in [-0.05, 0) is 12.8 Å². The number of nitrogens with one attached hydrogen (secondary N) is 1. The number of carbonyl (C=O) groups excluding carboxylic acids is 1. The first-order chi connectivity index (χ1) is 11.4. The highest BCUT2D eigenvalue weighted by Gasteiger charge is 2.48. The maximum atomic E-state index is 13.0. The third-order valence-electron chi connectivity index (χ3n) is 3.75. The number of aromatic amines is 1. The number of alkyl halides is 3. The molecule has 0 bridgehead atoms. The lowest BCUT2D eigenvalue weighted by Gasteiger charge is -2.26. The van der Waals surface area contributed by atoms with Gasteiger partial charge in [0.15, 0.2) is 0 Å². The highest BCUT2D eigenvalue weighted by Crippen LogP contribution is 2.33. The van der Waals surface area contributed by atoms with Crippen LogP contribution in [0.15, 0.2) is 23.6 Å². The van der Waals surface area contributed by atoms with Crippen molar-refractivity contribution in [2.24, 2.45) is 0 Å². The summed E-state index contributed by atoms with van der Waals surface area (Å²) in [6.07, 6.45) is -0.715. The number of nitrogens with zero attached hydrogens (tertiary/aromatic N) is 5. The van der Waals surface area contributed by atoms with Crippen molar-refractivity contribution >= 4 is 5.91 Å². The van der Waals surface area contributed by atoms with Crippen LogP contribution < -0.4 is 5.56 Å². The van der Waals surface area contributed by atoms with Crippen LogP contribution in [0.5, 0.6) is 0 Å². The topological polar surface area (TPSA) is 96.8 Å². The van der Waals surface area contributed by atoms with Gasteiger partial charge >= 0.3 is 6.18 Å². The van der Waals surface area contributed by atoms with Gasteiger partial charge in [0.1, 0.15) is 36.6 Å². The standard InChI is InChI=1S/C13H13F3N6O2/c14-13(15,16)9-2-1-3-22(9)12(24)8-4-18-10(20-11(8)23)5-21-7-17-6-19-21/h4,6-7,9H,1-3,5H2,(H,18,20,23)/t9-/m1/s1. The van der Waals surface area contributed by atoms with Gasteiger partial charge in [0.05, 0.1) is 0 Å². The molecule has 1 N–H and O–H groups in total. The second-order valence-corrected chi connectivity index (χ2v) is 5.36. The van der Waals surface area contributed by atoms with E-state index < -0.39 is 29.2 Å². The van der Waals surface area contributed by atoms with Gasteiger partial charge in [-0.15, -0.1) is 0 Å². The van der Waals surface area contributed by atoms with Crippen LogP contribution in [0.25, 0.3) is 0 Å². The fraction of sp³-hybridized carbons (Fsp3) is 0.462. The average Bonchev–Trinajstić information content (AvgIpc) is 3.17. The third-order valence-corrected chi connectivity index (χ3v) is 3.75. The number of hydrogen-bond donors (Lipinski definition) is 1. The molecule has 3 rings (SSSR count). The summed E-state index contributed by atoms with van der Waals surface area (Å²) in [7, 11) is 0. The van der Waals surface area contributed by atoms with E-state index in [9.17, 15) is 22.8 Å². The van der Waals surface area contributed by atoms with Crippen LogP contribution in [-0.4, -0.2) is 54.3 Å². The van der Waals surface area contributed by atoms with E-state index in [1.165, 1.54) is 17.3 Å². The molecule has 1 atom stereocenters. The van der Waals surface area contributed by atoms with Gasteiger partial charge in [-0.3, -0.25) is 9.59 Å². The Kier molecular flexibility index (Phi) is 4.08. The Morgan fingerprint density at radius 2 is 2.21 bits per heavy atom. The monoisotopic (exact) mass is 342 g/mol. The second-order valence-electron chi connectivity index (χ2n) is 5.36. The van der Waals surface area contributed by atoms with E-state index in [0.717, 1.165) is 6.20 Å². The molecule has 2 aromatic heterocycles. The van der Waals surface area contributed by atoms with E-state index in [-0.39, 0.29) is 31.8 Å². The molecule has 0 spiro atoms. The maximum absolute atomic E-state index is 13.0. The van der Waals surface area contributed by atoms with Crippen molar-refractivity contribution in [1.29, 1.82) is 0 Å². The number of halogens is 3. The van der Waals surface area contributed by atoms with Crippen molar-refractivity contribution in [2.45, 2.75) is 31.6 Å². The zero-order valence-electron chi connectivity index (χ0n) is 12.3. The van der Waals surface area contributed by atoms with Crippen molar-refractivity contribution in [1.82, 2.24) is 29.6 Å². The number of hydrogen-bond acceptors (Lipinski definition) is 5. The highest BCUT2D eigenvalue weighted by molar-refractivity contribution is 5.94. The van der Waals surface area contributed by atoms with E-state index in [4.69, 9.17) is 0 Å². The average molecular weight is 342 g/mol. The molecule has 11 heteroatoms. The lowest BCUT2D eigenvalue weighted by Crippen LogP contribution is -2.46. The lowest BCUT2D eigenvalue weighted by molar-refractivity contribution is -0.169. The third kappa shape index (κ3) is 3.14. The Morgan fingerprint density at radius 3 is 2.83 bits per heavy atom. The predicted octanol–water partition coefficient (Wildman–Crippen LogP) is 0.577. The molecule has 8 nitrogen and oxygen atoms in total. The Labute approximate surface area is 133 Å². The van der Waals surface area contributed by atoms with Gasteiger partial charge in [0.25, 0.3) is 11.5 Å². The molecule has 1 amide bonds. The van der Waals surface area contributed by atoms with Gasteiger partial charge in [-0.1, -0.05) is 0 Å². The largest absolute Gasteiger partial charge is 0.408 e. The second kappa shape index (κ2) is 6.06. The minimum atomic E-state index is -4.51. The number of rotatable bonds is 3. The molecule has 1 fully saturated rings. The normalized spacial score (nSPS) is 18.1. The summed E-state index contributed by atoms with van der Waals surface area (Å²) < 4.78 is 40.3. The summed E-state index contributed by atoms with van der Waals surface area (Å²) in [5.74, 6) is -0.744. The van der Waals surface area contributed by atoms with Crippen molar-refractivity contribution in [2.75, 3.05) is 6.54 Å². The van der Waals surface area contributed by atoms with E-state index in [0.29, 0.717) is 4.90 Å². The lowest BCUT2D eigenvalue weighted by atomic mass is 10.2. The zero-order chi connectivity index (χ0) is 17.3. The number of carbonyl (C=O) groups is 1. The fourth-order valence-corrected chi connectivity index (χ4v) is 2.64. The molecule has 0 saturated carbocycles. The molecule has 2 aromatic rings. The summed E-state index contributed by atoms with van der Waals surface area (Å²) in [6, 6.07) is -1.86. The fourth-order valence-electron chi connectivity index (χ4n) is 2.64. The number of aromatic nitrogens is 5. The summed E-state index contributed by atoms with van der Waals surface area (Å²) in [4.78, 5) is 35.1. The summed E-state index contributed by atoms with van der Waals surface area (Å²) in [5.41, 5.74) is -1.19. The molecule has 0 aromatic carbocycles. The minimum Gasteiger partial charge on any atom is -0.326 e. The van der Waals surface area contributed by atoms with Crippen LogP contribution >= 0.6 is 0 Å². The van der Waals surface area contributed by atoms with Crippen LogP contribution in [0.1, 0.15) is 29.0 Å². The van der Waals surface area contributed by atoms with Crippen molar-refractivity contribution in [3.8, 4) is 0 Å². The molecule has 1 aliphatic heterocycles. The first-order valence-electron chi connectivity index (χ1n) is 7.14. The van der Waals surface area contributed by atoms with Gasteiger partial charge < -0.3 is 9.88 Å². The van der Waals surface area contributed by atoms with Crippen LogP contribution in [0.3, 0.4) is 0 Å². The van der Waals surface area contributed by atoms with E-state index in [2.05, 4.69) is 20.1 Å². The minimum absolute atomic E-state index is 0.0385. The molecule has 0 radical (unpaired) electrons. The van der Waals surface area contributed by atoms with Gasteiger partial charge in [-0.25, -0.2) is 14.6 Å². The first kappa shape index (κ1) is 16.1. The van der Waals surface area contributed by atoms with Crippen LogP contribution in [-0.2, 0) is 6.54 Å². The maximum Gasteiger partial charge on any atom is 0.408 e. The molecule has 0 aliphatic carbocycles. The van der Waals surface area contributed by atoms with Crippen LogP contribution in [0.2, 0.25) is 0 Å². The molecule has 1 aliphatic rings. The smallest absolute Gasteiger partial charge is 0.326 e. The molecule has 3 heterocycles. The Bertz CT molecular complexity index is 786. The number of H-pyrrole nitrogens is 1. The molecule has 1 saturated heterocycles. The van der Waals surface area contributed by atoms with Crippen LogP contribution in [0.4, 0.5) is 13.2 Å². The summed E-state index contributed by atoms with van der Waals surface area (Å²) in [6.45, 7) is 0.0851. The SMILES string of the molecule is O=C(c1cnc(Cn2cncn2)[nH]c1=O)N1CCC[C@@H]1C(F)(F)F. The highest BCUT2D eigenvalue weighted by atomic mass is 19.4. The Hall–Kier alpha value is -2.72. The zero-order valence-corrected chi connectivity index (χ0v) is 12.3. The Balaban J connectivity index is 1.82. The molecular formula is C13H13F3N6O2. The van der Waals surface area contributed by atoms with E-state index in [1.54, 1.807) is 0 Å². The first-order valence-corrected chi connectivity index (χ1v) is 7.14. The van der Waals surface area contributed by atoms with E-state index >= 15 is 0 Å². The van der Waals surface area contributed by atoms with Crippen molar-refractivity contribution in [3.05, 3.63) is 40.6 Å². The van der Waals surface area contributed by atoms with Crippen LogP contribution in [0, 0.1) is 0 Å². The quantitative estimate of drug-likeness (QED) is 0.880. The van der Waals surface area contributed by atoms with E-state index in [1.807, 2.05) is 0 Å².